The standard InChI is InChI=1S/C40H42N10/c1-46(33-21-11-6-12-22-33)41-31-38(43-48(3)35-25-15-8-16-26-35)40(45-50(5)37-29-19-10-20-30-37)39(44-49(4)36-27-17-9-18-28-36)32-42-47(2)34-23-13-7-14-24-34/h6-32H,1-5H3. The highest BCUT2D eigenvalue weighted by molar-refractivity contribution is 6.86. The third-order valence-corrected chi connectivity index (χ3v) is 7.61. The van der Waals surface area contributed by atoms with Crippen LogP contribution >= 0.6 is 0 Å². The van der Waals surface area contributed by atoms with E-state index < -0.39 is 0 Å². The second kappa shape index (κ2) is 17.6. The number of hydrogen-bond acceptors (Lipinski definition) is 10. The topological polar surface area (TPSA) is 78.0 Å². The molecule has 5 rings (SSSR count). The molecule has 0 aromatic heterocycles. The average molecular weight is 663 g/mol. The molecule has 0 atom stereocenters. The Hall–Kier alpha value is -6.55. The van der Waals surface area contributed by atoms with Crippen LogP contribution in [0.3, 0.4) is 0 Å². The Balaban J connectivity index is 1.70. The average Bonchev–Trinajstić information content (AvgIpc) is 3.18. The molecule has 0 fully saturated rings. The van der Waals surface area contributed by atoms with Gasteiger partial charge in [-0.25, -0.2) is 0 Å². The summed E-state index contributed by atoms with van der Waals surface area (Å²) < 4.78 is 0. The number of nitrogens with zero attached hydrogens (tertiary/aromatic N) is 10. The molecule has 0 amide bonds. The molecule has 0 N–H and O–H groups in total. The van der Waals surface area contributed by atoms with Crippen LogP contribution in [0, 0.1) is 0 Å². The summed E-state index contributed by atoms with van der Waals surface area (Å²) in [6, 6.07) is 49.6. The quantitative estimate of drug-likeness (QED) is 0.0900. The summed E-state index contributed by atoms with van der Waals surface area (Å²) in [6.07, 6.45) is 3.41. The van der Waals surface area contributed by atoms with E-state index in [9.17, 15) is 0 Å². The minimum absolute atomic E-state index is 0.442. The van der Waals surface area contributed by atoms with E-state index in [-0.39, 0.29) is 0 Å². The van der Waals surface area contributed by atoms with E-state index in [1.165, 1.54) is 0 Å². The molecule has 252 valence electrons. The van der Waals surface area contributed by atoms with E-state index in [4.69, 9.17) is 25.5 Å². The zero-order valence-corrected chi connectivity index (χ0v) is 29.1. The SMILES string of the molecule is CN(N=CC(=NN(C)c1ccccc1)C(=NN(C)c1ccccc1)C(C=NN(C)c1ccccc1)=NN(C)c1ccccc1)c1ccccc1. The fourth-order valence-corrected chi connectivity index (χ4v) is 4.78. The first-order valence-electron chi connectivity index (χ1n) is 16.2. The summed E-state index contributed by atoms with van der Waals surface area (Å²) in [5.74, 6) is 0. The Bertz CT molecular complexity index is 1790. The third-order valence-electron chi connectivity index (χ3n) is 7.61. The van der Waals surface area contributed by atoms with Gasteiger partial charge in [0.25, 0.3) is 0 Å². The molecule has 10 heteroatoms. The molecule has 0 heterocycles. The van der Waals surface area contributed by atoms with Crippen LogP contribution in [-0.4, -0.2) is 64.8 Å². The van der Waals surface area contributed by atoms with Crippen LogP contribution in [0.2, 0.25) is 0 Å². The Kier molecular flexibility index (Phi) is 12.2. The van der Waals surface area contributed by atoms with Gasteiger partial charge in [0, 0.05) is 35.2 Å². The maximum atomic E-state index is 5.16. The van der Waals surface area contributed by atoms with Crippen LogP contribution in [0.5, 0.6) is 0 Å². The number of rotatable bonds is 14. The van der Waals surface area contributed by atoms with Crippen molar-refractivity contribution >= 4 is 58.0 Å². The lowest BCUT2D eigenvalue weighted by Gasteiger charge is -2.21. The van der Waals surface area contributed by atoms with Gasteiger partial charge in [-0.3, -0.25) is 25.0 Å². The van der Waals surface area contributed by atoms with Crippen molar-refractivity contribution in [3.8, 4) is 0 Å². The van der Waals surface area contributed by atoms with Crippen LogP contribution in [0.15, 0.2) is 177 Å². The van der Waals surface area contributed by atoms with Gasteiger partial charge in [0.1, 0.15) is 17.1 Å². The van der Waals surface area contributed by atoms with Gasteiger partial charge < -0.3 is 0 Å². The molecule has 5 aromatic carbocycles. The van der Waals surface area contributed by atoms with Crippen molar-refractivity contribution in [2.75, 3.05) is 60.3 Å². The largest absolute Gasteiger partial charge is 0.269 e. The maximum Gasteiger partial charge on any atom is 0.142 e. The number of hydrogen-bond donors (Lipinski definition) is 0. The number of benzene rings is 5. The predicted molar refractivity (Wildman–Crippen MR) is 214 cm³/mol. The lowest BCUT2D eigenvalue weighted by Crippen LogP contribution is -2.34. The van der Waals surface area contributed by atoms with Crippen molar-refractivity contribution in [1.29, 1.82) is 0 Å². The Morgan fingerprint density at radius 3 is 0.860 bits per heavy atom. The summed E-state index contributed by atoms with van der Waals surface area (Å²) in [5, 5.41) is 34.0. The summed E-state index contributed by atoms with van der Waals surface area (Å²) in [5.41, 5.74) is 5.86. The first-order valence-corrected chi connectivity index (χ1v) is 16.2. The van der Waals surface area contributed by atoms with Crippen molar-refractivity contribution in [3.63, 3.8) is 0 Å². The Morgan fingerprint density at radius 1 is 0.340 bits per heavy atom. The maximum absolute atomic E-state index is 5.16. The molecular formula is C40H42N10. The molecule has 0 spiro atoms. The van der Waals surface area contributed by atoms with Crippen molar-refractivity contribution in [1.82, 2.24) is 0 Å². The molecule has 0 aliphatic rings. The zero-order valence-electron chi connectivity index (χ0n) is 29.1. The zero-order chi connectivity index (χ0) is 35.1. The molecule has 0 aliphatic carbocycles. The lowest BCUT2D eigenvalue weighted by atomic mass is 10.1. The van der Waals surface area contributed by atoms with Gasteiger partial charge in [0.2, 0.25) is 0 Å². The van der Waals surface area contributed by atoms with Crippen molar-refractivity contribution in [3.05, 3.63) is 152 Å². The monoisotopic (exact) mass is 662 g/mol. The van der Waals surface area contributed by atoms with Crippen molar-refractivity contribution in [2.45, 2.75) is 0 Å². The van der Waals surface area contributed by atoms with Gasteiger partial charge in [-0.1, -0.05) is 91.0 Å². The van der Waals surface area contributed by atoms with Crippen molar-refractivity contribution < 1.29 is 0 Å². The van der Waals surface area contributed by atoms with Gasteiger partial charge in [0.15, 0.2) is 0 Å². The molecule has 0 unspecified atom stereocenters. The van der Waals surface area contributed by atoms with E-state index in [1.54, 1.807) is 37.5 Å². The van der Waals surface area contributed by atoms with Crippen LogP contribution in [0.1, 0.15) is 0 Å². The fraction of sp³-hybridized carbons (Fsp3) is 0.125. The first-order chi connectivity index (χ1) is 24.4. The summed E-state index contributed by atoms with van der Waals surface area (Å²) in [6.45, 7) is 0. The second-order valence-corrected chi connectivity index (χ2v) is 11.2. The Morgan fingerprint density at radius 2 is 0.580 bits per heavy atom. The second-order valence-electron chi connectivity index (χ2n) is 11.2. The van der Waals surface area contributed by atoms with Crippen LogP contribution in [-0.2, 0) is 0 Å². The van der Waals surface area contributed by atoms with Gasteiger partial charge in [-0.05, 0) is 60.7 Å². The smallest absolute Gasteiger partial charge is 0.142 e. The molecule has 10 nitrogen and oxygen atoms in total. The van der Waals surface area contributed by atoms with Crippen molar-refractivity contribution in [2.24, 2.45) is 25.5 Å². The normalized spacial score (nSPS) is 11.8. The highest BCUT2D eigenvalue weighted by Gasteiger charge is 2.20. The number of para-hydroxylation sites is 5. The van der Waals surface area contributed by atoms with E-state index in [0.717, 1.165) is 28.4 Å². The minimum Gasteiger partial charge on any atom is -0.269 e. The molecule has 0 saturated heterocycles. The first kappa shape index (κ1) is 34.8. The van der Waals surface area contributed by atoms with Gasteiger partial charge >= 0.3 is 0 Å². The number of hydrazone groups is 5. The lowest BCUT2D eigenvalue weighted by molar-refractivity contribution is 1.00. The van der Waals surface area contributed by atoms with E-state index in [0.29, 0.717) is 17.1 Å². The van der Waals surface area contributed by atoms with E-state index in [1.807, 2.05) is 187 Å². The highest BCUT2D eigenvalue weighted by Crippen LogP contribution is 2.17. The van der Waals surface area contributed by atoms with Gasteiger partial charge in [-0.15, -0.1) is 0 Å². The van der Waals surface area contributed by atoms with Gasteiger partial charge in [-0.2, -0.15) is 25.5 Å². The summed E-state index contributed by atoms with van der Waals surface area (Å²) in [7, 11) is 9.48. The van der Waals surface area contributed by atoms with E-state index in [2.05, 4.69) is 0 Å². The van der Waals surface area contributed by atoms with Crippen LogP contribution < -0.4 is 25.0 Å². The van der Waals surface area contributed by atoms with Crippen LogP contribution in [0.25, 0.3) is 0 Å². The molecule has 0 bridgehead atoms. The molecule has 0 aliphatic heterocycles. The highest BCUT2D eigenvalue weighted by atomic mass is 15.5. The number of anilines is 5. The molecular weight excluding hydrogens is 621 g/mol. The summed E-state index contributed by atoms with van der Waals surface area (Å²) in [4.78, 5) is 0. The molecule has 0 radical (unpaired) electrons. The summed E-state index contributed by atoms with van der Waals surface area (Å²) >= 11 is 0. The van der Waals surface area contributed by atoms with Crippen LogP contribution in [0.4, 0.5) is 28.4 Å². The predicted octanol–water partition coefficient (Wildman–Crippen LogP) is 7.71. The fourth-order valence-electron chi connectivity index (χ4n) is 4.78. The molecule has 0 saturated carbocycles. The molecule has 5 aromatic rings. The van der Waals surface area contributed by atoms with E-state index >= 15 is 0 Å². The third kappa shape index (κ3) is 9.74. The van der Waals surface area contributed by atoms with Gasteiger partial charge in [0.05, 0.1) is 40.9 Å². The Labute approximate surface area is 294 Å². The minimum atomic E-state index is 0.442. The molecule has 50 heavy (non-hydrogen) atoms.